The molecule has 0 N–H and O–H groups in total. The van der Waals surface area contributed by atoms with Crippen LogP contribution >= 0.6 is 24.0 Å². The number of carbonyl (C=O) groups excluding carboxylic acids is 1. The molecule has 1 aromatic heterocycles. The van der Waals surface area contributed by atoms with Gasteiger partial charge in [-0.1, -0.05) is 54.3 Å². The summed E-state index contributed by atoms with van der Waals surface area (Å²) in [5.41, 5.74) is 5.36. The number of hydrogen-bond acceptors (Lipinski definition) is 5. The Morgan fingerprint density at radius 3 is 2.18 bits per heavy atom. The van der Waals surface area contributed by atoms with E-state index in [4.69, 9.17) is 21.7 Å². The van der Waals surface area contributed by atoms with Crippen LogP contribution in [0, 0.1) is 13.8 Å². The molecule has 1 amide bonds. The second-order valence-electron chi connectivity index (χ2n) is 9.00. The Morgan fingerprint density at radius 1 is 0.895 bits per heavy atom. The first-order valence-corrected chi connectivity index (χ1v) is 13.6. The maximum atomic E-state index is 13.2. The standard InChI is InChI=1S/C31H28N2O3S2/c1-21-19-24(20-29-30(34)32(31(37)38-29)18-17-23-7-5-4-6-8-23)22(2)33(21)25-9-11-27(12-10-25)36-28-15-13-26(35-3)14-16-28/h4-16,19-20H,17-18H2,1-3H3/b29-20-. The quantitative estimate of drug-likeness (QED) is 0.173. The van der Waals surface area contributed by atoms with Crippen molar-refractivity contribution in [1.29, 1.82) is 0 Å². The van der Waals surface area contributed by atoms with Gasteiger partial charge >= 0.3 is 0 Å². The van der Waals surface area contributed by atoms with Crippen molar-refractivity contribution in [3.8, 4) is 22.9 Å². The SMILES string of the molecule is COc1ccc(Oc2ccc(-n3c(C)cc(/C=C4\SC(=S)N(CCc5ccccc5)C4=O)c3C)cc2)cc1. The first kappa shape index (κ1) is 25.8. The van der Waals surface area contributed by atoms with Crippen LogP contribution in [0.1, 0.15) is 22.5 Å². The van der Waals surface area contributed by atoms with Crippen molar-refractivity contribution in [1.82, 2.24) is 9.47 Å². The smallest absolute Gasteiger partial charge is 0.266 e. The van der Waals surface area contributed by atoms with Crippen molar-refractivity contribution in [3.05, 3.63) is 112 Å². The van der Waals surface area contributed by atoms with Crippen LogP contribution in [0.4, 0.5) is 0 Å². The summed E-state index contributed by atoms with van der Waals surface area (Å²) in [7, 11) is 1.64. The number of aryl methyl sites for hydroxylation is 1. The van der Waals surface area contributed by atoms with Gasteiger partial charge in [-0.15, -0.1) is 0 Å². The molecular formula is C31H28N2O3S2. The van der Waals surface area contributed by atoms with Crippen LogP contribution in [0.2, 0.25) is 0 Å². The van der Waals surface area contributed by atoms with Gasteiger partial charge in [-0.25, -0.2) is 0 Å². The minimum atomic E-state index is -0.0271. The maximum absolute atomic E-state index is 13.2. The molecule has 192 valence electrons. The molecule has 5 nitrogen and oxygen atoms in total. The van der Waals surface area contributed by atoms with Crippen LogP contribution in [-0.2, 0) is 11.2 Å². The van der Waals surface area contributed by atoms with Gasteiger partial charge in [-0.05, 0) is 92.1 Å². The number of thiocarbonyl (C=S) groups is 1. The van der Waals surface area contributed by atoms with Crippen molar-refractivity contribution >= 4 is 40.3 Å². The topological polar surface area (TPSA) is 43.7 Å². The fourth-order valence-electron chi connectivity index (χ4n) is 4.49. The molecule has 4 aromatic rings. The third-order valence-electron chi connectivity index (χ3n) is 6.49. The molecule has 0 unspecified atom stereocenters. The summed E-state index contributed by atoms with van der Waals surface area (Å²) < 4.78 is 14.0. The van der Waals surface area contributed by atoms with Crippen molar-refractivity contribution in [2.24, 2.45) is 0 Å². The summed E-state index contributed by atoms with van der Waals surface area (Å²) >= 11 is 6.91. The minimum Gasteiger partial charge on any atom is -0.497 e. The van der Waals surface area contributed by atoms with Gasteiger partial charge in [0.1, 0.15) is 21.6 Å². The molecule has 7 heteroatoms. The van der Waals surface area contributed by atoms with Gasteiger partial charge in [0.25, 0.3) is 5.91 Å². The number of thioether (sulfide) groups is 1. The predicted molar refractivity (Wildman–Crippen MR) is 158 cm³/mol. The van der Waals surface area contributed by atoms with Gasteiger partial charge in [-0.3, -0.25) is 9.69 Å². The Morgan fingerprint density at radius 2 is 1.53 bits per heavy atom. The number of benzene rings is 3. The van der Waals surface area contributed by atoms with Crippen LogP contribution in [0.15, 0.2) is 89.8 Å². The van der Waals surface area contributed by atoms with E-state index < -0.39 is 0 Å². The van der Waals surface area contributed by atoms with E-state index in [1.165, 1.54) is 17.3 Å². The second-order valence-corrected chi connectivity index (χ2v) is 10.7. The van der Waals surface area contributed by atoms with Crippen molar-refractivity contribution in [2.45, 2.75) is 20.3 Å². The van der Waals surface area contributed by atoms with Crippen molar-refractivity contribution < 1.29 is 14.3 Å². The first-order valence-electron chi connectivity index (χ1n) is 12.3. The van der Waals surface area contributed by atoms with Gasteiger partial charge in [0.05, 0.1) is 12.0 Å². The van der Waals surface area contributed by atoms with Crippen LogP contribution in [0.3, 0.4) is 0 Å². The summed E-state index contributed by atoms with van der Waals surface area (Å²) in [4.78, 5) is 15.5. The minimum absolute atomic E-state index is 0.0271. The largest absolute Gasteiger partial charge is 0.497 e. The Balaban J connectivity index is 1.31. The average Bonchev–Trinajstić information content (AvgIpc) is 3.37. The summed E-state index contributed by atoms with van der Waals surface area (Å²) in [6, 6.07) is 27.7. The van der Waals surface area contributed by atoms with E-state index in [1.807, 2.05) is 72.8 Å². The number of nitrogens with zero attached hydrogens (tertiary/aromatic N) is 2. The number of methoxy groups -OCH3 is 1. The van der Waals surface area contributed by atoms with Gasteiger partial charge in [0.2, 0.25) is 0 Å². The highest BCUT2D eigenvalue weighted by molar-refractivity contribution is 8.26. The highest BCUT2D eigenvalue weighted by Gasteiger charge is 2.32. The average molecular weight is 541 g/mol. The third kappa shape index (κ3) is 5.54. The highest BCUT2D eigenvalue weighted by Crippen LogP contribution is 2.34. The fraction of sp³-hybridized carbons (Fsp3) is 0.161. The van der Waals surface area contributed by atoms with Gasteiger partial charge < -0.3 is 14.0 Å². The Labute approximate surface area is 232 Å². The molecule has 1 aliphatic heterocycles. The number of hydrogen-bond donors (Lipinski definition) is 0. The number of amides is 1. The zero-order chi connectivity index (χ0) is 26.6. The first-order chi connectivity index (χ1) is 18.4. The molecule has 1 saturated heterocycles. The molecule has 3 aromatic carbocycles. The maximum Gasteiger partial charge on any atom is 0.266 e. The van der Waals surface area contributed by atoms with E-state index in [1.54, 1.807) is 12.0 Å². The Kier molecular flexibility index (Phi) is 7.67. The zero-order valence-electron chi connectivity index (χ0n) is 21.5. The van der Waals surface area contributed by atoms with Crippen LogP contribution in [0.25, 0.3) is 11.8 Å². The second kappa shape index (κ2) is 11.3. The Hall–Kier alpha value is -3.81. The van der Waals surface area contributed by atoms with E-state index in [2.05, 4.69) is 36.6 Å². The predicted octanol–water partition coefficient (Wildman–Crippen LogP) is 7.34. The molecule has 1 fully saturated rings. The molecule has 0 spiro atoms. The molecule has 0 aliphatic carbocycles. The summed E-state index contributed by atoms with van der Waals surface area (Å²) in [6.07, 6.45) is 2.73. The third-order valence-corrected chi connectivity index (χ3v) is 7.87. The number of ether oxygens (including phenoxy) is 2. The monoisotopic (exact) mass is 540 g/mol. The van der Waals surface area contributed by atoms with Crippen molar-refractivity contribution in [3.63, 3.8) is 0 Å². The van der Waals surface area contributed by atoms with E-state index in [0.717, 1.165) is 46.3 Å². The van der Waals surface area contributed by atoms with E-state index >= 15 is 0 Å². The van der Waals surface area contributed by atoms with Crippen LogP contribution < -0.4 is 9.47 Å². The molecule has 5 rings (SSSR count). The molecule has 0 bridgehead atoms. The molecule has 1 aliphatic rings. The van der Waals surface area contributed by atoms with Crippen LogP contribution in [0.5, 0.6) is 17.2 Å². The van der Waals surface area contributed by atoms with Crippen LogP contribution in [-0.4, -0.2) is 33.3 Å². The molecule has 38 heavy (non-hydrogen) atoms. The number of carbonyl (C=O) groups is 1. The van der Waals surface area contributed by atoms with Gasteiger partial charge in [0.15, 0.2) is 0 Å². The lowest BCUT2D eigenvalue weighted by atomic mass is 10.1. The van der Waals surface area contributed by atoms with E-state index in [-0.39, 0.29) is 5.91 Å². The molecule has 0 radical (unpaired) electrons. The lowest BCUT2D eigenvalue weighted by Crippen LogP contribution is -2.30. The van der Waals surface area contributed by atoms with Crippen molar-refractivity contribution in [2.75, 3.05) is 13.7 Å². The summed E-state index contributed by atoms with van der Waals surface area (Å²) in [5, 5.41) is 0. The number of rotatable bonds is 8. The highest BCUT2D eigenvalue weighted by atomic mass is 32.2. The molecular weight excluding hydrogens is 512 g/mol. The lowest BCUT2D eigenvalue weighted by Gasteiger charge is -2.14. The fourth-order valence-corrected chi connectivity index (χ4v) is 5.79. The lowest BCUT2D eigenvalue weighted by molar-refractivity contribution is -0.122. The normalized spacial score (nSPS) is 14.4. The Bertz CT molecular complexity index is 1490. The van der Waals surface area contributed by atoms with E-state index in [9.17, 15) is 4.79 Å². The van der Waals surface area contributed by atoms with Gasteiger partial charge in [0, 0.05) is 23.6 Å². The number of aromatic nitrogens is 1. The summed E-state index contributed by atoms with van der Waals surface area (Å²) in [5.74, 6) is 2.26. The molecule has 0 atom stereocenters. The summed E-state index contributed by atoms with van der Waals surface area (Å²) in [6.45, 7) is 4.71. The zero-order valence-corrected chi connectivity index (χ0v) is 23.1. The molecule has 0 saturated carbocycles. The van der Waals surface area contributed by atoms with E-state index in [0.29, 0.717) is 15.8 Å². The van der Waals surface area contributed by atoms with Gasteiger partial charge in [-0.2, -0.15) is 0 Å². The molecule has 2 heterocycles.